The van der Waals surface area contributed by atoms with Gasteiger partial charge in [0.2, 0.25) is 0 Å². The molecule has 0 saturated carbocycles. The molecule has 0 amide bonds. The summed E-state index contributed by atoms with van der Waals surface area (Å²) in [4.78, 5) is 28.9. The maximum Gasteiger partial charge on any atom is 0.306 e. The standard InChI is InChI=1S/C52H68N4O4/c1-12-37-44-28-45-38(20-19-30(4)5)33(8)41(53-45)27-46-49(36(11)57)35(10)43(54-46)26-42-34(9)39(51(55-42)40-25-47(58)50(37)52(40)56-44)21-22-48(59)60-24-23-32(7)18-14-17-31(6)16-13-15-29(2)3/h15,17,23,26-28,30,34,36,39,55,57-58H,12-14,16,18-22,24-25H2,1-11H3/b31-17+,32-23+,42-26?,45-28?,46-27?,51-40?/t34-,36+,39-/m0/s1. The summed E-state index contributed by atoms with van der Waals surface area (Å²) >= 11 is 0. The number of hydrogen-bond acceptors (Lipinski definition) is 8. The summed E-state index contributed by atoms with van der Waals surface area (Å²) in [6.07, 6.45) is 20.1. The minimum absolute atomic E-state index is 0.0117. The molecule has 5 heterocycles. The van der Waals surface area contributed by atoms with E-state index < -0.39 is 6.10 Å². The van der Waals surface area contributed by atoms with E-state index in [9.17, 15) is 15.0 Å². The third kappa shape index (κ3) is 9.86. The molecular weight excluding hydrogens is 745 g/mol. The van der Waals surface area contributed by atoms with E-state index in [0.29, 0.717) is 30.9 Å². The molecule has 6 rings (SSSR count). The Morgan fingerprint density at radius 3 is 2.27 bits per heavy atom. The molecule has 0 aromatic heterocycles. The first-order valence-electron chi connectivity index (χ1n) is 22.4. The molecule has 6 aliphatic rings. The Bertz CT molecular complexity index is 2240. The van der Waals surface area contributed by atoms with Gasteiger partial charge < -0.3 is 20.3 Å². The van der Waals surface area contributed by atoms with Gasteiger partial charge >= 0.3 is 5.97 Å². The van der Waals surface area contributed by atoms with Crippen LogP contribution in [0.4, 0.5) is 0 Å². The highest BCUT2D eigenvalue weighted by atomic mass is 16.5. The quantitative estimate of drug-likeness (QED) is 0.106. The van der Waals surface area contributed by atoms with Crippen LogP contribution in [0.25, 0.3) is 0 Å². The van der Waals surface area contributed by atoms with Crippen molar-refractivity contribution in [3.63, 3.8) is 0 Å². The van der Waals surface area contributed by atoms with Crippen molar-refractivity contribution in [3.05, 3.63) is 126 Å². The zero-order chi connectivity index (χ0) is 43.4. The fourth-order valence-electron chi connectivity index (χ4n) is 9.16. The summed E-state index contributed by atoms with van der Waals surface area (Å²) in [5.74, 6) is 0.604. The number of esters is 1. The van der Waals surface area contributed by atoms with Crippen molar-refractivity contribution in [2.24, 2.45) is 32.7 Å². The zero-order valence-electron chi connectivity index (χ0n) is 38.1. The first-order chi connectivity index (χ1) is 28.6. The van der Waals surface area contributed by atoms with Crippen molar-refractivity contribution < 1.29 is 19.7 Å². The number of rotatable bonds is 16. The number of aliphatic imine (C=N–C) groups is 3. The fourth-order valence-corrected chi connectivity index (χ4v) is 9.16. The molecule has 3 N–H and O–H groups in total. The van der Waals surface area contributed by atoms with E-state index in [1.165, 1.54) is 22.3 Å². The van der Waals surface area contributed by atoms with E-state index in [1.54, 1.807) is 6.92 Å². The number of carbonyl (C=O) groups is 1. The van der Waals surface area contributed by atoms with Crippen molar-refractivity contribution in [3.8, 4) is 0 Å². The molecule has 1 aliphatic carbocycles. The highest BCUT2D eigenvalue weighted by Crippen LogP contribution is 2.47. The molecule has 8 nitrogen and oxygen atoms in total. The van der Waals surface area contributed by atoms with Gasteiger partial charge in [-0.05, 0) is 152 Å². The van der Waals surface area contributed by atoms with Gasteiger partial charge in [-0.25, -0.2) is 15.0 Å². The van der Waals surface area contributed by atoms with Crippen molar-refractivity contribution in [1.29, 1.82) is 0 Å². The Morgan fingerprint density at radius 2 is 1.58 bits per heavy atom. The third-order valence-corrected chi connectivity index (χ3v) is 12.8. The van der Waals surface area contributed by atoms with E-state index >= 15 is 0 Å². The van der Waals surface area contributed by atoms with E-state index in [1.807, 2.05) is 19.1 Å². The number of allylic oxidation sites excluding steroid dienone is 16. The van der Waals surface area contributed by atoms with Gasteiger partial charge in [0.25, 0.3) is 0 Å². The highest BCUT2D eigenvalue weighted by molar-refractivity contribution is 6.21. The van der Waals surface area contributed by atoms with Crippen molar-refractivity contribution >= 4 is 23.1 Å². The third-order valence-electron chi connectivity index (χ3n) is 12.8. The molecule has 8 heteroatoms. The van der Waals surface area contributed by atoms with Crippen LogP contribution < -0.4 is 5.32 Å². The fraction of sp³-hybridized carbons (Fsp3) is 0.500. The molecule has 320 valence electrons. The van der Waals surface area contributed by atoms with Gasteiger partial charge in [-0.2, -0.15) is 0 Å². The van der Waals surface area contributed by atoms with Crippen LogP contribution in [0.2, 0.25) is 0 Å². The summed E-state index contributed by atoms with van der Waals surface area (Å²) in [5.41, 5.74) is 17.7. The predicted molar refractivity (Wildman–Crippen MR) is 248 cm³/mol. The lowest BCUT2D eigenvalue weighted by Crippen LogP contribution is -2.16. The van der Waals surface area contributed by atoms with Crippen LogP contribution in [0, 0.1) is 17.8 Å². The van der Waals surface area contributed by atoms with Crippen LogP contribution in [-0.2, 0) is 9.53 Å². The summed E-state index contributed by atoms with van der Waals surface area (Å²) in [6.45, 7) is 23.6. The monoisotopic (exact) mass is 813 g/mol. The SMILES string of the molecule is CCC1=C2C=C3N=C(C=C4N=C(C=C5NC(=C6CC(O)=C1C6=N2)[C@@H](CCC(=O)OC/C=C(\C)CC/C=C(\C)CCC=C(C)C)[C@@H]5C)C(C)=C4[C@@H](C)O)C(C)=C3CCC(C)C. The summed E-state index contributed by atoms with van der Waals surface area (Å²) in [6, 6.07) is 0. The molecule has 0 aromatic carbocycles. The zero-order valence-corrected chi connectivity index (χ0v) is 38.1. The van der Waals surface area contributed by atoms with Gasteiger partial charge in [-0.3, -0.25) is 4.79 Å². The second-order valence-corrected chi connectivity index (χ2v) is 18.2. The Morgan fingerprint density at radius 1 is 0.900 bits per heavy atom. The molecule has 0 aromatic rings. The van der Waals surface area contributed by atoms with Gasteiger partial charge in [-0.15, -0.1) is 0 Å². The lowest BCUT2D eigenvalue weighted by atomic mass is 9.86. The topological polar surface area (TPSA) is 116 Å². The first kappa shape index (κ1) is 44.7. The molecular formula is C52H68N4O4. The van der Waals surface area contributed by atoms with Crippen molar-refractivity contribution in [2.45, 2.75) is 146 Å². The summed E-state index contributed by atoms with van der Waals surface area (Å²) in [7, 11) is 0. The largest absolute Gasteiger partial charge is 0.511 e. The molecule has 8 bridgehead atoms. The average molecular weight is 813 g/mol. The van der Waals surface area contributed by atoms with E-state index in [4.69, 9.17) is 19.7 Å². The number of carbonyl (C=O) groups excluding carboxylic acids is 1. The van der Waals surface area contributed by atoms with Crippen LogP contribution in [0.5, 0.6) is 0 Å². The lowest BCUT2D eigenvalue weighted by Gasteiger charge is -2.17. The maximum absolute atomic E-state index is 13.3. The van der Waals surface area contributed by atoms with Crippen molar-refractivity contribution in [1.82, 2.24) is 5.32 Å². The Balaban J connectivity index is 1.30. The highest BCUT2D eigenvalue weighted by Gasteiger charge is 2.42. The van der Waals surface area contributed by atoms with Crippen LogP contribution in [0.1, 0.15) is 140 Å². The number of nitrogens with one attached hydrogen (secondary N) is 1. The number of fused-ring (bicyclic) bond motifs is 5. The minimum atomic E-state index is -0.721. The number of nitrogens with zero attached hydrogens (tertiary/aromatic N) is 3. The van der Waals surface area contributed by atoms with E-state index in [-0.39, 0.29) is 30.8 Å². The van der Waals surface area contributed by atoms with Gasteiger partial charge in [0, 0.05) is 52.8 Å². The molecule has 1 saturated heterocycles. The normalized spacial score (nSPS) is 22.1. The van der Waals surface area contributed by atoms with Crippen LogP contribution in [0.3, 0.4) is 0 Å². The smallest absolute Gasteiger partial charge is 0.306 e. The maximum atomic E-state index is 13.3. The molecule has 3 atom stereocenters. The van der Waals surface area contributed by atoms with Crippen LogP contribution >= 0.6 is 0 Å². The summed E-state index contributed by atoms with van der Waals surface area (Å²) in [5, 5.41) is 26.5. The number of aliphatic hydroxyl groups excluding tert-OH is 2. The van der Waals surface area contributed by atoms with E-state index in [2.05, 4.69) is 91.9 Å². The molecule has 0 spiro atoms. The van der Waals surface area contributed by atoms with E-state index in [0.717, 1.165) is 118 Å². The number of aliphatic hydroxyl groups is 2. The second-order valence-electron chi connectivity index (χ2n) is 18.2. The molecule has 0 unspecified atom stereocenters. The molecule has 1 fully saturated rings. The predicted octanol–water partition coefficient (Wildman–Crippen LogP) is 12.2. The molecule has 5 aliphatic heterocycles. The van der Waals surface area contributed by atoms with Gasteiger partial charge in [0.15, 0.2) is 0 Å². The van der Waals surface area contributed by atoms with Crippen molar-refractivity contribution in [2.75, 3.05) is 6.61 Å². The lowest BCUT2D eigenvalue weighted by molar-refractivity contribution is -0.142. The second kappa shape index (κ2) is 19.3. The minimum Gasteiger partial charge on any atom is -0.511 e. The Kier molecular flexibility index (Phi) is 14.4. The van der Waals surface area contributed by atoms with Crippen LogP contribution in [0.15, 0.2) is 141 Å². The Hall–Kier alpha value is -4.82. The van der Waals surface area contributed by atoms with Gasteiger partial charge in [0.1, 0.15) is 12.4 Å². The molecule has 0 radical (unpaired) electrons. The van der Waals surface area contributed by atoms with Gasteiger partial charge in [0.05, 0.1) is 40.3 Å². The number of hydrogen-bond donors (Lipinski definition) is 3. The average Bonchev–Trinajstić information content (AvgIpc) is 3.94. The number of ether oxygens (including phenoxy) is 1. The first-order valence-corrected chi connectivity index (χ1v) is 22.4. The van der Waals surface area contributed by atoms with Crippen LogP contribution in [-0.4, -0.2) is 46.0 Å². The molecule has 60 heavy (non-hydrogen) atoms. The Labute approximate surface area is 359 Å². The summed E-state index contributed by atoms with van der Waals surface area (Å²) < 4.78 is 5.77. The van der Waals surface area contributed by atoms with Gasteiger partial charge in [-0.1, -0.05) is 56.6 Å².